The van der Waals surface area contributed by atoms with Crippen LogP contribution in [0.3, 0.4) is 0 Å². The molecule has 0 spiro atoms. The van der Waals surface area contributed by atoms with Gasteiger partial charge in [-0.3, -0.25) is 4.79 Å². The standard InChI is InChI=1S/C12H20O/c1-8-6-7-9(2)12(4,5)11(8)10(3)13/h8,11H,2,6-7H2,1,3-5H3. The molecule has 0 aromatic rings. The number of ketones is 1. The van der Waals surface area contributed by atoms with Crippen LogP contribution in [0.2, 0.25) is 0 Å². The molecule has 13 heavy (non-hydrogen) atoms. The molecule has 0 aliphatic heterocycles. The van der Waals surface area contributed by atoms with Gasteiger partial charge in [-0.25, -0.2) is 0 Å². The van der Waals surface area contributed by atoms with Crippen molar-refractivity contribution >= 4 is 5.78 Å². The SMILES string of the molecule is C=C1CCC(C)C(C(C)=O)C1(C)C. The maximum absolute atomic E-state index is 11.5. The Kier molecular flexibility index (Phi) is 2.65. The summed E-state index contributed by atoms with van der Waals surface area (Å²) in [4.78, 5) is 11.5. The molecule has 0 heterocycles. The molecule has 74 valence electrons. The van der Waals surface area contributed by atoms with Crippen molar-refractivity contribution in [3.05, 3.63) is 12.2 Å². The van der Waals surface area contributed by atoms with Crippen LogP contribution in [-0.4, -0.2) is 5.78 Å². The highest BCUT2D eigenvalue weighted by Crippen LogP contribution is 2.46. The van der Waals surface area contributed by atoms with E-state index in [1.807, 2.05) is 0 Å². The number of hydrogen-bond donors (Lipinski definition) is 0. The average molecular weight is 180 g/mol. The Morgan fingerprint density at radius 1 is 1.54 bits per heavy atom. The Hall–Kier alpha value is -0.590. The van der Waals surface area contributed by atoms with Gasteiger partial charge in [-0.2, -0.15) is 0 Å². The van der Waals surface area contributed by atoms with Crippen LogP contribution in [0.25, 0.3) is 0 Å². The Balaban J connectivity index is 2.98. The maximum Gasteiger partial charge on any atom is 0.134 e. The topological polar surface area (TPSA) is 17.1 Å². The normalized spacial score (nSPS) is 33.1. The highest BCUT2D eigenvalue weighted by molar-refractivity contribution is 5.80. The van der Waals surface area contributed by atoms with Crippen LogP contribution in [0.5, 0.6) is 0 Å². The largest absolute Gasteiger partial charge is 0.300 e. The van der Waals surface area contributed by atoms with E-state index in [-0.39, 0.29) is 11.3 Å². The molecule has 1 aliphatic rings. The summed E-state index contributed by atoms with van der Waals surface area (Å²) in [6.07, 6.45) is 2.20. The molecule has 1 fully saturated rings. The molecule has 0 aromatic carbocycles. The molecule has 0 bridgehead atoms. The van der Waals surface area contributed by atoms with Gasteiger partial charge in [0.1, 0.15) is 5.78 Å². The molecule has 0 aromatic heterocycles. The van der Waals surface area contributed by atoms with Crippen LogP contribution in [0.1, 0.15) is 40.5 Å². The van der Waals surface area contributed by atoms with E-state index in [4.69, 9.17) is 0 Å². The highest BCUT2D eigenvalue weighted by atomic mass is 16.1. The fourth-order valence-electron chi connectivity index (χ4n) is 2.73. The molecular formula is C12H20O. The van der Waals surface area contributed by atoms with Gasteiger partial charge in [0.15, 0.2) is 0 Å². The minimum Gasteiger partial charge on any atom is -0.300 e. The molecule has 2 unspecified atom stereocenters. The molecule has 1 aliphatic carbocycles. The van der Waals surface area contributed by atoms with Crippen molar-refractivity contribution in [2.75, 3.05) is 0 Å². The lowest BCUT2D eigenvalue weighted by Crippen LogP contribution is -2.39. The number of Topliss-reactive ketones (excluding diaryl/α,β-unsaturated/α-hetero) is 1. The molecule has 0 radical (unpaired) electrons. The van der Waals surface area contributed by atoms with E-state index in [0.29, 0.717) is 11.7 Å². The van der Waals surface area contributed by atoms with Crippen LogP contribution >= 0.6 is 0 Å². The predicted molar refractivity (Wildman–Crippen MR) is 55.5 cm³/mol. The summed E-state index contributed by atoms with van der Waals surface area (Å²) in [7, 11) is 0. The molecule has 1 rings (SSSR count). The Bertz CT molecular complexity index is 238. The summed E-state index contributed by atoms with van der Waals surface area (Å²) in [5.74, 6) is 1.00. The zero-order valence-electron chi connectivity index (χ0n) is 9.18. The van der Waals surface area contributed by atoms with Gasteiger partial charge < -0.3 is 0 Å². The zero-order chi connectivity index (χ0) is 10.2. The molecule has 1 saturated carbocycles. The number of allylic oxidation sites excluding steroid dienone is 1. The summed E-state index contributed by atoms with van der Waals surface area (Å²) < 4.78 is 0. The van der Waals surface area contributed by atoms with Crippen molar-refractivity contribution in [1.29, 1.82) is 0 Å². The summed E-state index contributed by atoms with van der Waals surface area (Å²) in [6, 6.07) is 0. The van der Waals surface area contributed by atoms with Crippen LogP contribution in [0.4, 0.5) is 0 Å². The lowest BCUT2D eigenvalue weighted by atomic mass is 9.61. The first-order valence-corrected chi connectivity index (χ1v) is 5.06. The van der Waals surface area contributed by atoms with Crippen molar-refractivity contribution in [2.45, 2.75) is 40.5 Å². The first kappa shape index (κ1) is 10.5. The van der Waals surface area contributed by atoms with Gasteiger partial charge in [-0.1, -0.05) is 32.9 Å². The number of hydrogen-bond acceptors (Lipinski definition) is 1. The average Bonchev–Trinajstić information content (AvgIpc) is 1.96. The lowest BCUT2D eigenvalue weighted by molar-refractivity contribution is -0.126. The highest BCUT2D eigenvalue weighted by Gasteiger charge is 2.41. The third kappa shape index (κ3) is 1.70. The van der Waals surface area contributed by atoms with Crippen molar-refractivity contribution in [3.63, 3.8) is 0 Å². The molecule has 1 heteroatoms. The zero-order valence-corrected chi connectivity index (χ0v) is 9.18. The fourth-order valence-corrected chi connectivity index (χ4v) is 2.73. The first-order chi connectivity index (χ1) is 5.87. The maximum atomic E-state index is 11.5. The third-order valence-corrected chi connectivity index (χ3v) is 3.60. The Labute approximate surface area is 81.2 Å². The quantitative estimate of drug-likeness (QED) is 0.566. The summed E-state index contributed by atoms with van der Waals surface area (Å²) in [5.41, 5.74) is 1.24. The van der Waals surface area contributed by atoms with Crippen LogP contribution < -0.4 is 0 Å². The van der Waals surface area contributed by atoms with Gasteiger partial charge in [0.2, 0.25) is 0 Å². The first-order valence-electron chi connectivity index (χ1n) is 5.06. The number of carbonyl (C=O) groups excluding carboxylic acids is 1. The van der Waals surface area contributed by atoms with E-state index in [0.717, 1.165) is 12.8 Å². The van der Waals surface area contributed by atoms with E-state index < -0.39 is 0 Å². The minimum absolute atomic E-state index is 0.00347. The molecular weight excluding hydrogens is 160 g/mol. The van der Waals surface area contributed by atoms with Crippen LogP contribution in [-0.2, 0) is 4.79 Å². The number of rotatable bonds is 1. The molecule has 0 amide bonds. The predicted octanol–water partition coefficient (Wildman–Crippen LogP) is 3.20. The van der Waals surface area contributed by atoms with Gasteiger partial charge in [0.25, 0.3) is 0 Å². The molecule has 1 nitrogen and oxygen atoms in total. The van der Waals surface area contributed by atoms with Gasteiger partial charge in [-0.05, 0) is 31.1 Å². The lowest BCUT2D eigenvalue weighted by Gasteiger charge is -2.43. The molecule has 0 N–H and O–H groups in total. The van der Waals surface area contributed by atoms with E-state index in [1.165, 1.54) is 5.57 Å². The van der Waals surface area contributed by atoms with Crippen molar-refractivity contribution in [1.82, 2.24) is 0 Å². The summed E-state index contributed by atoms with van der Waals surface area (Å²) in [5, 5.41) is 0. The molecule has 2 atom stereocenters. The van der Waals surface area contributed by atoms with Gasteiger partial charge in [-0.15, -0.1) is 0 Å². The van der Waals surface area contributed by atoms with E-state index in [9.17, 15) is 4.79 Å². The fraction of sp³-hybridized carbons (Fsp3) is 0.750. The van der Waals surface area contributed by atoms with E-state index in [1.54, 1.807) is 6.92 Å². The molecule has 0 saturated heterocycles. The smallest absolute Gasteiger partial charge is 0.134 e. The van der Waals surface area contributed by atoms with E-state index in [2.05, 4.69) is 27.4 Å². The minimum atomic E-state index is 0.00347. The van der Waals surface area contributed by atoms with Crippen LogP contribution in [0, 0.1) is 17.3 Å². The third-order valence-electron chi connectivity index (χ3n) is 3.60. The second-order valence-electron chi connectivity index (χ2n) is 4.93. The second kappa shape index (κ2) is 3.28. The number of carbonyl (C=O) groups is 1. The monoisotopic (exact) mass is 180 g/mol. The van der Waals surface area contributed by atoms with E-state index >= 15 is 0 Å². The Morgan fingerprint density at radius 2 is 2.08 bits per heavy atom. The van der Waals surface area contributed by atoms with Gasteiger partial charge in [0.05, 0.1) is 0 Å². The summed E-state index contributed by atoms with van der Waals surface area (Å²) >= 11 is 0. The summed E-state index contributed by atoms with van der Waals surface area (Å²) in [6.45, 7) is 12.3. The van der Waals surface area contributed by atoms with Gasteiger partial charge >= 0.3 is 0 Å². The van der Waals surface area contributed by atoms with Crippen molar-refractivity contribution < 1.29 is 4.79 Å². The van der Waals surface area contributed by atoms with Crippen molar-refractivity contribution in [3.8, 4) is 0 Å². The van der Waals surface area contributed by atoms with Crippen LogP contribution in [0.15, 0.2) is 12.2 Å². The van der Waals surface area contributed by atoms with Crippen molar-refractivity contribution in [2.24, 2.45) is 17.3 Å². The Morgan fingerprint density at radius 3 is 2.46 bits per heavy atom. The van der Waals surface area contributed by atoms with Gasteiger partial charge in [0, 0.05) is 5.92 Å². The second-order valence-corrected chi connectivity index (χ2v) is 4.93.